The van der Waals surface area contributed by atoms with Crippen LogP contribution in [0.15, 0.2) is 0 Å². The van der Waals surface area contributed by atoms with Gasteiger partial charge in [0.1, 0.15) is 0 Å². The number of hydrogen-bond donors (Lipinski definition) is 0. The van der Waals surface area contributed by atoms with Crippen LogP contribution in [0.5, 0.6) is 0 Å². The summed E-state index contributed by atoms with van der Waals surface area (Å²) in [6.45, 7) is 3.06. The van der Waals surface area contributed by atoms with Crippen molar-refractivity contribution in [2.24, 2.45) is 0 Å². The Morgan fingerprint density at radius 1 is 1.40 bits per heavy atom. The molecule has 0 saturated carbocycles. The summed E-state index contributed by atoms with van der Waals surface area (Å²) in [6, 6.07) is 0. The molecule has 0 aliphatic carbocycles. The molecule has 2 nitrogen and oxygen atoms in total. The van der Waals surface area contributed by atoms with Gasteiger partial charge >= 0.3 is 0 Å². The van der Waals surface area contributed by atoms with Gasteiger partial charge in [0.05, 0.1) is 7.80 Å². The highest BCUT2D eigenvalue weighted by Crippen LogP contribution is 2.19. The first-order valence-corrected chi connectivity index (χ1v) is 5.65. The Morgan fingerprint density at radius 2 is 2.00 bits per heavy atom. The maximum absolute atomic E-state index is 11.0. The fraction of sp³-hybridized carbons (Fsp3) is 1.00. The number of nitrogens with zero attached hydrogens (tertiary/aromatic N) is 1. The Labute approximate surface area is 64.4 Å². The third-order valence-electron chi connectivity index (χ3n) is 1.46. The topological polar surface area (TPSA) is 20.3 Å². The minimum atomic E-state index is -1.20. The van der Waals surface area contributed by atoms with Gasteiger partial charge in [0.25, 0.3) is 0 Å². The number of hydrogen-bond acceptors (Lipinski definition) is 2. The molecule has 0 aromatic heterocycles. The molecule has 0 amide bonds. The van der Waals surface area contributed by atoms with E-state index in [1.54, 1.807) is 0 Å². The van der Waals surface area contributed by atoms with E-state index in [2.05, 4.69) is 4.90 Å². The van der Waals surface area contributed by atoms with Crippen molar-refractivity contribution < 1.29 is 4.57 Å². The second-order valence-electron chi connectivity index (χ2n) is 2.80. The zero-order valence-electron chi connectivity index (χ0n) is 7.18. The fourth-order valence-corrected chi connectivity index (χ4v) is 1.68. The maximum Gasteiger partial charge on any atom is 0.0760 e. The lowest BCUT2D eigenvalue weighted by atomic mass is 10.5. The standard InChI is InChI=1S/C7H18NOP/c1-4-10(9)7-5-6-8(2)3/h10H,4-7H2,1-3H3. The molecule has 0 aliphatic heterocycles. The normalized spacial score (nSPS) is 14.0. The van der Waals surface area contributed by atoms with Gasteiger partial charge in [0.2, 0.25) is 0 Å². The van der Waals surface area contributed by atoms with Gasteiger partial charge in [-0.3, -0.25) is 0 Å². The Hall–Kier alpha value is 0.190. The van der Waals surface area contributed by atoms with E-state index in [0.29, 0.717) is 0 Å². The van der Waals surface area contributed by atoms with Gasteiger partial charge in [-0.05, 0) is 39.4 Å². The lowest BCUT2D eigenvalue weighted by molar-refractivity contribution is 0.409. The van der Waals surface area contributed by atoms with Crippen LogP contribution in [0.25, 0.3) is 0 Å². The molecule has 1 unspecified atom stereocenters. The van der Waals surface area contributed by atoms with Crippen LogP contribution >= 0.6 is 7.80 Å². The Kier molecular flexibility index (Phi) is 6.05. The Balaban J connectivity index is 3.12. The van der Waals surface area contributed by atoms with Crippen molar-refractivity contribution in [3.63, 3.8) is 0 Å². The molecular weight excluding hydrogens is 145 g/mol. The first kappa shape index (κ1) is 10.2. The first-order valence-electron chi connectivity index (χ1n) is 3.83. The fourth-order valence-electron chi connectivity index (χ4n) is 0.769. The molecule has 0 aliphatic rings. The van der Waals surface area contributed by atoms with E-state index >= 15 is 0 Å². The van der Waals surface area contributed by atoms with Gasteiger partial charge in [-0.1, -0.05) is 6.92 Å². The summed E-state index contributed by atoms with van der Waals surface area (Å²) < 4.78 is 11.0. The predicted molar refractivity (Wildman–Crippen MR) is 47.6 cm³/mol. The molecule has 1 atom stereocenters. The quantitative estimate of drug-likeness (QED) is 0.573. The van der Waals surface area contributed by atoms with Crippen LogP contribution in [0.1, 0.15) is 13.3 Å². The monoisotopic (exact) mass is 163 g/mol. The molecule has 0 radical (unpaired) electrons. The van der Waals surface area contributed by atoms with Gasteiger partial charge in [-0.2, -0.15) is 0 Å². The highest BCUT2D eigenvalue weighted by Gasteiger charge is 1.95. The minimum absolute atomic E-state index is 0.873. The molecule has 62 valence electrons. The van der Waals surface area contributed by atoms with Crippen LogP contribution in [0.3, 0.4) is 0 Å². The van der Waals surface area contributed by atoms with Crippen LogP contribution < -0.4 is 0 Å². The highest BCUT2D eigenvalue weighted by molar-refractivity contribution is 7.44. The molecule has 0 fully saturated rings. The third-order valence-corrected chi connectivity index (χ3v) is 3.16. The average molecular weight is 163 g/mol. The summed E-state index contributed by atoms with van der Waals surface area (Å²) in [4.78, 5) is 2.13. The molecule has 0 rings (SSSR count). The van der Waals surface area contributed by atoms with Gasteiger partial charge < -0.3 is 9.46 Å². The van der Waals surface area contributed by atoms with E-state index in [1.807, 2.05) is 21.0 Å². The van der Waals surface area contributed by atoms with E-state index in [-0.39, 0.29) is 0 Å². The summed E-state index contributed by atoms with van der Waals surface area (Å²) >= 11 is 0. The molecule has 0 aromatic rings. The summed E-state index contributed by atoms with van der Waals surface area (Å²) in [5, 5.41) is 0. The van der Waals surface area contributed by atoms with Crippen molar-refractivity contribution in [2.45, 2.75) is 13.3 Å². The van der Waals surface area contributed by atoms with Gasteiger partial charge in [-0.25, -0.2) is 0 Å². The van der Waals surface area contributed by atoms with Crippen molar-refractivity contribution in [1.82, 2.24) is 4.90 Å². The Morgan fingerprint density at radius 3 is 2.40 bits per heavy atom. The van der Waals surface area contributed by atoms with Crippen molar-refractivity contribution in [3.05, 3.63) is 0 Å². The highest BCUT2D eigenvalue weighted by atomic mass is 31.1. The van der Waals surface area contributed by atoms with Crippen LogP contribution in [0, 0.1) is 0 Å². The van der Waals surface area contributed by atoms with Crippen LogP contribution in [0.2, 0.25) is 0 Å². The molecule has 0 heterocycles. The Bertz CT molecular complexity index is 104. The van der Waals surface area contributed by atoms with Crippen LogP contribution in [-0.2, 0) is 4.57 Å². The second-order valence-corrected chi connectivity index (χ2v) is 5.08. The predicted octanol–water partition coefficient (Wildman–Crippen LogP) is 1.52. The lowest BCUT2D eigenvalue weighted by Gasteiger charge is -2.07. The molecule has 0 bridgehead atoms. The second kappa shape index (κ2) is 5.94. The van der Waals surface area contributed by atoms with E-state index in [0.717, 1.165) is 25.3 Å². The van der Waals surface area contributed by atoms with Crippen molar-refractivity contribution >= 4 is 7.80 Å². The smallest absolute Gasteiger partial charge is 0.0760 e. The largest absolute Gasteiger partial charge is 0.327 e. The average Bonchev–Trinajstić information content (AvgIpc) is 1.87. The first-order chi connectivity index (χ1) is 4.66. The summed E-state index contributed by atoms with van der Waals surface area (Å²) in [7, 11) is 2.89. The van der Waals surface area contributed by atoms with Gasteiger partial charge in [-0.15, -0.1) is 0 Å². The van der Waals surface area contributed by atoms with Gasteiger partial charge in [0, 0.05) is 0 Å². The summed E-state index contributed by atoms with van der Waals surface area (Å²) in [5.41, 5.74) is 0. The molecular formula is C7H18NOP. The molecule has 0 spiro atoms. The van der Waals surface area contributed by atoms with Crippen LogP contribution in [0.4, 0.5) is 0 Å². The van der Waals surface area contributed by atoms with Crippen molar-refractivity contribution in [1.29, 1.82) is 0 Å². The summed E-state index contributed by atoms with van der Waals surface area (Å²) in [6.07, 6.45) is 2.88. The molecule has 10 heavy (non-hydrogen) atoms. The summed E-state index contributed by atoms with van der Waals surface area (Å²) in [5.74, 6) is 0. The molecule has 0 N–H and O–H groups in total. The van der Waals surface area contributed by atoms with E-state index < -0.39 is 7.80 Å². The van der Waals surface area contributed by atoms with E-state index in [1.165, 1.54) is 0 Å². The van der Waals surface area contributed by atoms with Gasteiger partial charge in [0.15, 0.2) is 0 Å². The molecule has 3 heteroatoms. The zero-order valence-corrected chi connectivity index (χ0v) is 8.18. The molecule has 0 aromatic carbocycles. The van der Waals surface area contributed by atoms with Crippen LogP contribution in [-0.4, -0.2) is 37.9 Å². The maximum atomic E-state index is 11.0. The molecule has 0 saturated heterocycles. The van der Waals surface area contributed by atoms with E-state index in [9.17, 15) is 4.57 Å². The SMILES string of the molecule is CC[PH](=O)CCCN(C)C. The minimum Gasteiger partial charge on any atom is -0.327 e. The van der Waals surface area contributed by atoms with E-state index in [4.69, 9.17) is 0 Å². The lowest BCUT2D eigenvalue weighted by Crippen LogP contribution is -2.13. The van der Waals surface area contributed by atoms with Crippen molar-refractivity contribution in [3.8, 4) is 0 Å². The number of rotatable bonds is 5. The third kappa shape index (κ3) is 6.31. The zero-order chi connectivity index (χ0) is 7.98. The van der Waals surface area contributed by atoms with Crippen molar-refractivity contribution in [2.75, 3.05) is 33.0 Å².